The van der Waals surface area contributed by atoms with E-state index in [-0.39, 0.29) is 24.6 Å². The number of unbranched alkanes of at least 4 members (excludes halogenated alkanes) is 1. The first-order chi connectivity index (χ1) is 8.07. The lowest BCUT2D eigenvalue weighted by atomic mass is 10.1. The van der Waals surface area contributed by atoms with Crippen LogP contribution in [0.3, 0.4) is 0 Å². The van der Waals surface area contributed by atoms with Crippen LogP contribution in [0.2, 0.25) is 0 Å². The number of allylic oxidation sites excluding steroid dienone is 1. The monoisotopic (exact) mass is 242 g/mol. The average Bonchev–Trinajstić information content (AvgIpc) is 2.73. The molecule has 4 nitrogen and oxygen atoms in total. The molecule has 0 N–H and O–H groups in total. The van der Waals surface area contributed by atoms with E-state index in [2.05, 4.69) is 6.58 Å². The molecular weight excluding hydrogens is 220 g/mol. The van der Waals surface area contributed by atoms with E-state index in [1.807, 2.05) is 19.9 Å². The molecule has 2 saturated heterocycles. The average molecular weight is 242 g/mol. The lowest BCUT2D eigenvalue weighted by Crippen LogP contribution is -2.30. The van der Waals surface area contributed by atoms with Crippen LogP contribution >= 0.6 is 0 Å². The van der Waals surface area contributed by atoms with Crippen molar-refractivity contribution in [2.45, 2.75) is 63.5 Å². The van der Waals surface area contributed by atoms with Crippen molar-refractivity contribution in [3.8, 4) is 0 Å². The molecule has 0 saturated carbocycles. The number of hydrogen-bond donors (Lipinski definition) is 0. The molecule has 4 atom stereocenters. The highest BCUT2D eigenvalue weighted by atomic mass is 16.8. The van der Waals surface area contributed by atoms with Crippen molar-refractivity contribution < 1.29 is 18.9 Å². The molecule has 0 aliphatic carbocycles. The molecule has 0 radical (unpaired) electrons. The van der Waals surface area contributed by atoms with Gasteiger partial charge >= 0.3 is 0 Å². The first kappa shape index (κ1) is 13.0. The van der Waals surface area contributed by atoms with Crippen molar-refractivity contribution in [1.29, 1.82) is 0 Å². The van der Waals surface area contributed by atoms with Crippen LogP contribution in [-0.2, 0) is 18.9 Å². The van der Waals surface area contributed by atoms with E-state index in [1.54, 1.807) is 7.11 Å². The second kappa shape index (κ2) is 5.06. The fourth-order valence-corrected chi connectivity index (χ4v) is 2.53. The van der Waals surface area contributed by atoms with Crippen molar-refractivity contribution in [2.24, 2.45) is 0 Å². The van der Waals surface area contributed by atoms with Crippen LogP contribution < -0.4 is 0 Å². The van der Waals surface area contributed by atoms with Crippen molar-refractivity contribution in [1.82, 2.24) is 0 Å². The molecule has 2 aliphatic rings. The van der Waals surface area contributed by atoms with Crippen molar-refractivity contribution in [3.05, 3.63) is 12.7 Å². The summed E-state index contributed by atoms with van der Waals surface area (Å²) in [6, 6.07) is 0. The van der Waals surface area contributed by atoms with Crippen LogP contribution in [0.1, 0.15) is 33.1 Å². The lowest BCUT2D eigenvalue weighted by molar-refractivity contribution is -0.227. The summed E-state index contributed by atoms with van der Waals surface area (Å²) < 4.78 is 22.8. The van der Waals surface area contributed by atoms with Gasteiger partial charge in [0.25, 0.3) is 0 Å². The minimum atomic E-state index is -0.535. The molecular formula is C13H22O4. The second-order valence-corrected chi connectivity index (χ2v) is 5.06. The highest BCUT2D eigenvalue weighted by molar-refractivity contribution is 4.95. The number of rotatable bonds is 5. The van der Waals surface area contributed by atoms with Gasteiger partial charge in [0, 0.05) is 7.11 Å². The smallest absolute Gasteiger partial charge is 0.186 e. The SMILES string of the molecule is C=CCCCC1OC(OC)C2OC(C)(C)OC12. The third-order valence-electron chi connectivity index (χ3n) is 3.24. The molecule has 2 fully saturated rings. The van der Waals surface area contributed by atoms with Crippen molar-refractivity contribution >= 4 is 0 Å². The zero-order valence-electron chi connectivity index (χ0n) is 10.8. The molecule has 2 aliphatic heterocycles. The van der Waals surface area contributed by atoms with E-state index < -0.39 is 5.79 Å². The summed E-state index contributed by atoms with van der Waals surface area (Å²) in [6.07, 6.45) is 4.56. The number of ether oxygens (including phenoxy) is 4. The standard InChI is InChI=1S/C13H22O4/c1-5-6-7-8-9-10-11(12(14-4)15-9)17-13(2,3)16-10/h5,9-12H,1,6-8H2,2-4H3. The first-order valence-electron chi connectivity index (χ1n) is 6.22. The van der Waals surface area contributed by atoms with Gasteiger partial charge in [-0.2, -0.15) is 0 Å². The van der Waals surface area contributed by atoms with Crippen LogP contribution in [0.25, 0.3) is 0 Å². The van der Waals surface area contributed by atoms with E-state index in [0.29, 0.717) is 0 Å². The topological polar surface area (TPSA) is 36.9 Å². The quantitative estimate of drug-likeness (QED) is 0.547. The Hall–Kier alpha value is -0.420. The Kier molecular flexibility index (Phi) is 3.88. The number of hydrogen-bond acceptors (Lipinski definition) is 4. The zero-order valence-corrected chi connectivity index (χ0v) is 10.8. The van der Waals surface area contributed by atoms with Crippen LogP contribution in [0.5, 0.6) is 0 Å². The van der Waals surface area contributed by atoms with E-state index in [0.717, 1.165) is 19.3 Å². The van der Waals surface area contributed by atoms with Crippen LogP contribution in [0.15, 0.2) is 12.7 Å². The van der Waals surface area contributed by atoms with Gasteiger partial charge in [-0.3, -0.25) is 0 Å². The molecule has 0 bridgehead atoms. The summed E-state index contributed by atoms with van der Waals surface area (Å²) in [6.45, 7) is 7.58. The summed E-state index contributed by atoms with van der Waals surface area (Å²) in [4.78, 5) is 0. The zero-order chi connectivity index (χ0) is 12.5. The molecule has 0 spiro atoms. The normalized spacial score (nSPS) is 39.2. The van der Waals surface area contributed by atoms with Gasteiger partial charge in [0.05, 0.1) is 6.10 Å². The Morgan fingerprint density at radius 3 is 2.65 bits per heavy atom. The minimum Gasteiger partial charge on any atom is -0.353 e. The summed E-state index contributed by atoms with van der Waals surface area (Å²) in [7, 11) is 1.64. The van der Waals surface area contributed by atoms with Gasteiger partial charge in [-0.1, -0.05) is 6.08 Å². The highest BCUT2D eigenvalue weighted by Gasteiger charge is 2.55. The van der Waals surface area contributed by atoms with Gasteiger partial charge in [0.2, 0.25) is 0 Å². The Bertz CT molecular complexity index is 277. The number of methoxy groups -OCH3 is 1. The van der Waals surface area contributed by atoms with Crippen LogP contribution in [0, 0.1) is 0 Å². The molecule has 0 aromatic heterocycles. The van der Waals surface area contributed by atoms with E-state index in [9.17, 15) is 0 Å². The van der Waals surface area contributed by atoms with Crippen molar-refractivity contribution in [2.75, 3.05) is 7.11 Å². The van der Waals surface area contributed by atoms with Crippen LogP contribution in [-0.4, -0.2) is 37.5 Å². The first-order valence-corrected chi connectivity index (χ1v) is 6.22. The predicted molar refractivity (Wildman–Crippen MR) is 63.5 cm³/mol. The molecule has 0 aromatic carbocycles. The highest BCUT2D eigenvalue weighted by Crippen LogP contribution is 2.40. The third-order valence-corrected chi connectivity index (χ3v) is 3.24. The molecule has 2 heterocycles. The van der Waals surface area contributed by atoms with Gasteiger partial charge < -0.3 is 18.9 Å². The molecule has 17 heavy (non-hydrogen) atoms. The molecule has 2 rings (SSSR count). The Morgan fingerprint density at radius 2 is 2.00 bits per heavy atom. The fourth-order valence-electron chi connectivity index (χ4n) is 2.53. The largest absolute Gasteiger partial charge is 0.353 e. The van der Waals surface area contributed by atoms with Gasteiger partial charge in [-0.25, -0.2) is 0 Å². The molecule has 4 unspecified atom stereocenters. The third kappa shape index (κ3) is 2.71. The second-order valence-electron chi connectivity index (χ2n) is 5.06. The maximum absolute atomic E-state index is 5.90. The molecule has 0 aromatic rings. The summed E-state index contributed by atoms with van der Waals surface area (Å²) in [5.74, 6) is -0.535. The number of fused-ring (bicyclic) bond motifs is 1. The van der Waals surface area contributed by atoms with E-state index in [1.165, 1.54) is 0 Å². The maximum atomic E-state index is 5.90. The minimum absolute atomic E-state index is 0.0141. The molecule has 98 valence electrons. The lowest BCUT2D eigenvalue weighted by Gasteiger charge is -2.23. The maximum Gasteiger partial charge on any atom is 0.186 e. The Balaban J connectivity index is 1.97. The van der Waals surface area contributed by atoms with E-state index in [4.69, 9.17) is 18.9 Å². The summed E-state index contributed by atoms with van der Waals surface area (Å²) >= 11 is 0. The van der Waals surface area contributed by atoms with E-state index >= 15 is 0 Å². The van der Waals surface area contributed by atoms with Gasteiger partial charge in [-0.05, 0) is 33.1 Å². The van der Waals surface area contributed by atoms with Gasteiger partial charge in [0.1, 0.15) is 12.2 Å². The Morgan fingerprint density at radius 1 is 1.29 bits per heavy atom. The predicted octanol–water partition coefficient (Wildman–Crippen LogP) is 2.23. The fraction of sp³-hybridized carbons (Fsp3) is 0.846. The summed E-state index contributed by atoms with van der Waals surface area (Å²) in [5.41, 5.74) is 0. The van der Waals surface area contributed by atoms with Gasteiger partial charge in [-0.15, -0.1) is 6.58 Å². The summed E-state index contributed by atoms with van der Waals surface area (Å²) in [5, 5.41) is 0. The van der Waals surface area contributed by atoms with Crippen LogP contribution in [0.4, 0.5) is 0 Å². The molecule has 0 amide bonds. The van der Waals surface area contributed by atoms with Crippen molar-refractivity contribution in [3.63, 3.8) is 0 Å². The van der Waals surface area contributed by atoms with Gasteiger partial charge in [0.15, 0.2) is 12.1 Å². The molecule has 4 heteroatoms. The Labute approximate surface area is 103 Å².